The van der Waals surface area contributed by atoms with E-state index in [-0.39, 0.29) is 5.91 Å². The number of fused-ring (bicyclic) bond motifs is 3. The molecule has 1 amide bonds. The molecule has 150 valence electrons. The topological polar surface area (TPSA) is 51.5 Å². The van der Waals surface area contributed by atoms with E-state index in [0.29, 0.717) is 6.61 Å². The monoisotopic (exact) mass is 453 g/mol. The van der Waals surface area contributed by atoms with Crippen molar-refractivity contribution in [1.82, 2.24) is 0 Å². The maximum Gasteiger partial charge on any atom is 0.248 e. The fourth-order valence-corrected chi connectivity index (χ4v) is 4.12. The molecule has 1 aromatic heterocycles. The molecule has 0 saturated heterocycles. The summed E-state index contributed by atoms with van der Waals surface area (Å²) in [7, 11) is 0. The minimum absolute atomic E-state index is 0.165. The molecule has 4 nitrogen and oxygen atoms in total. The minimum Gasteiger partial charge on any atom is -0.493 e. The summed E-state index contributed by atoms with van der Waals surface area (Å²) in [6.07, 6.45) is 6.02. The Morgan fingerprint density at radius 1 is 1.21 bits per heavy atom. The van der Waals surface area contributed by atoms with Gasteiger partial charge in [-0.25, -0.2) is 0 Å². The third kappa shape index (κ3) is 4.25. The molecular weight excluding hydrogens is 430 g/mol. The number of halogens is 1. The van der Waals surface area contributed by atoms with Crippen LogP contribution in [0.1, 0.15) is 43.6 Å². The fourth-order valence-electron chi connectivity index (χ4n) is 3.86. The summed E-state index contributed by atoms with van der Waals surface area (Å²) < 4.78 is 12.9. The standard InChI is InChI=1S/C24H24BrNO3/c1-3-28-22-14-23-20(18-6-4-5-7-21(18)29-23)13-19(22)15(2)12-24(27)26-17-10-8-16(25)9-11-17/h8-14H,3-7H2,1-2H3,(H,26,27)/b15-12+. The highest BCUT2D eigenvalue weighted by Gasteiger charge is 2.20. The Labute approximate surface area is 179 Å². The van der Waals surface area contributed by atoms with E-state index in [1.54, 1.807) is 6.08 Å². The zero-order valence-electron chi connectivity index (χ0n) is 16.7. The number of hydrogen-bond acceptors (Lipinski definition) is 3. The van der Waals surface area contributed by atoms with Gasteiger partial charge in [-0.05, 0) is 69.0 Å². The van der Waals surface area contributed by atoms with Gasteiger partial charge < -0.3 is 14.5 Å². The van der Waals surface area contributed by atoms with E-state index in [1.165, 1.54) is 18.4 Å². The van der Waals surface area contributed by atoms with Crippen LogP contribution < -0.4 is 10.1 Å². The smallest absolute Gasteiger partial charge is 0.248 e. The molecule has 2 aromatic carbocycles. The van der Waals surface area contributed by atoms with E-state index in [4.69, 9.17) is 9.15 Å². The normalized spacial score (nSPS) is 14.0. The van der Waals surface area contributed by atoms with Crippen molar-refractivity contribution in [1.29, 1.82) is 0 Å². The number of furan rings is 1. The predicted octanol–water partition coefficient (Wildman–Crippen LogP) is 6.51. The number of aryl methyl sites for hydroxylation is 2. The Balaban J connectivity index is 1.68. The molecule has 0 fully saturated rings. The van der Waals surface area contributed by atoms with Gasteiger partial charge in [0.2, 0.25) is 5.91 Å². The van der Waals surface area contributed by atoms with E-state index in [0.717, 1.165) is 56.6 Å². The van der Waals surface area contributed by atoms with Gasteiger partial charge in [0.25, 0.3) is 0 Å². The molecule has 1 aliphatic rings. The van der Waals surface area contributed by atoms with E-state index in [2.05, 4.69) is 27.3 Å². The number of carbonyl (C=O) groups is 1. The zero-order valence-corrected chi connectivity index (χ0v) is 18.3. The van der Waals surface area contributed by atoms with Crippen molar-refractivity contribution < 1.29 is 13.9 Å². The van der Waals surface area contributed by atoms with Gasteiger partial charge in [0.05, 0.1) is 6.61 Å². The number of anilines is 1. The number of amides is 1. The van der Waals surface area contributed by atoms with Gasteiger partial charge >= 0.3 is 0 Å². The maximum atomic E-state index is 12.5. The van der Waals surface area contributed by atoms with E-state index < -0.39 is 0 Å². The van der Waals surface area contributed by atoms with E-state index >= 15 is 0 Å². The number of nitrogens with one attached hydrogen (secondary N) is 1. The Hall–Kier alpha value is -2.53. The third-order valence-electron chi connectivity index (χ3n) is 5.24. The highest BCUT2D eigenvalue weighted by molar-refractivity contribution is 9.10. The molecule has 29 heavy (non-hydrogen) atoms. The van der Waals surface area contributed by atoms with Crippen molar-refractivity contribution in [3.8, 4) is 5.75 Å². The van der Waals surface area contributed by atoms with Crippen LogP contribution in [0.25, 0.3) is 16.5 Å². The Morgan fingerprint density at radius 2 is 1.97 bits per heavy atom. The SMILES string of the molecule is CCOc1cc2oc3c(c2cc1/C(C)=C/C(=O)Nc1ccc(Br)cc1)CCCC3. The second-order valence-electron chi connectivity index (χ2n) is 7.31. The molecule has 0 radical (unpaired) electrons. The van der Waals surface area contributed by atoms with Crippen molar-refractivity contribution in [2.75, 3.05) is 11.9 Å². The number of allylic oxidation sites excluding steroid dienone is 1. The molecule has 0 aliphatic heterocycles. The second kappa shape index (κ2) is 8.46. The average molecular weight is 454 g/mol. The molecule has 5 heteroatoms. The lowest BCUT2D eigenvalue weighted by molar-refractivity contribution is -0.111. The molecule has 0 unspecified atom stereocenters. The minimum atomic E-state index is -0.165. The third-order valence-corrected chi connectivity index (χ3v) is 5.77. The molecule has 1 heterocycles. The largest absolute Gasteiger partial charge is 0.493 e. The first kappa shape index (κ1) is 19.8. The van der Waals surface area contributed by atoms with Crippen LogP contribution in [0.15, 0.2) is 51.4 Å². The van der Waals surface area contributed by atoms with Gasteiger partial charge in [-0.3, -0.25) is 4.79 Å². The number of carbonyl (C=O) groups excluding carboxylic acids is 1. The average Bonchev–Trinajstić information content (AvgIpc) is 3.06. The molecule has 0 spiro atoms. The molecule has 0 saturated carbocycles. The second-order valence-corrected chi connectivity index (χ2v) is 8.23. The molecule has 0 atom stereocenters. The Bertz CT molecular complexity index is 1080. The van der Waals surface area contributed by atoms with Crippen molar-refractivity contribution >= 4 is 44.1 Å². The lowest BCUT2D eigenvalue weighted by atomic mass is 9.94. The highest BCUT2D eigenvalue weighted by atomic mass is 79.9. The molecular formula is C24H24BrNO3. The van der Waals surface area contributed by atoms with Crippen LogP contribution in [0, 0.1) is 0 Å². The number of hydrogen-bond donors (Lipinski definition) is 1. The van der Waals surface area contributed by atoms with Crippen molar-refractivity contribution in [2.24, 2.45) is 0 Å². The van der Waals surface area contributed by atoms with Crippen LogP contribution >= 0.6 is 15.9 Å². The summed E-state index contributed by atoms with van der Waals surface area (Å²) in [6, 6.07) is 11.6. The molecule has 0 bridgehead atoms. The van der Waals surface area contributed by atoms with Gasteiger partial charge in [0.15, 0.2) is 0 Å². The van der Waals surface area contributed by atoms with E-state index in [9.17, 15) is 4.79 Å². The summed E-state index contributed by atoms with van der Waals surface area (Å²) in [5.41, 5.74) is 4.72. The molecule has 4 rings (SSSR count). The predicted molar refractivity (Wildman–Crippen MR) is 120 cm³/mol. The summed E-state index contributed by atoms with van der Waals surface area (Å²) in [5.74, 6) is 1.68. The Morgan fingerprint density at radius 3 is 2.72 bits per heavy atom. The van der Waals surface area contributed by atoms with E-state index in [1.807, 2.05) is 44.2 Å². The number of rotatable bonds is 5. The first-order valence-electron chi connectivity index (χ1n) is 10.0. The van der Waals surface area contributed by atoms with Crippen molar-refractivity contribution in [2.45, 2.75) is 39.5 Å². The number of ether oxygens (including phenoxy) is 1. The summed E-state index contributed by atoms with van der Waals surface area (Å²) in [4.78, 5) is 12.5. The maximum absolute atomic E-state index is 12.5. The summed E-state index contributed by atoms with van der Waals surface area (Å²) in [5, 5.41) is 4.05. The van der Waals surface area contributed by atoms with Crippen LogP contribution in [-0.2, 0) is 17.6 Å². The van der Waals surface area contributed by atoms with Gasteiger partial charge in [0, 0.05) is 45.2 Å². The molecule has 1 aliphatic carbocycles. The van der Waals surface area contributed by atoms with Crippen LogP contribution in [-0.4, -0.2) is 12.5 Å². The van der Waals surface area contributed by atoms with Gasteiger partial charge in [-0.1, -0.05) is 15.9 Å². The number of benzene rings is 2. The quantitative estimate of drug-likeness (QED) is 0.447. The highest BCUT2D eigenvalue weighted by Crippen LogP contribution is 2.38. The lowest BCUT2D eigenvalue weighted by Gasteiger charge is -2.12. The van der Waals surface area contributed by atoms with Crippen LogP contribution in [0.2, 0.25) is 0 Å². The van der Waals surface area contributed by atoms with Crippen molar-refractivity contribution in [3.05, 3.63) is 63.8 Å². The fraction of sp³-hybridized carbons (Fsp3) is 0.292. The molecule has 1 N–H and O–H groups in total. The molecule has 3 aromatic rings. The first-order valence-corrected chi connectivity index (χ1v) is 10.8. The zero-order chi connectivity index (χ0) is 20.4. The summed E-state index contributed by atoms with van der Waals surface area (Å²) in [6.45, 7) is 4.45. The first-order chi connectivity index (χ1) is 14.0. The van der Waals surface area contributed by atoms with Crippen LogP contribution in [0.3, 0.4) is 0 Å². The van der Waals surface area contributed by atoms with Gasteiger partial charge in [-0.15, -0.1) is 0 Å². The lowest BCUT2D eigenvalue weighted by Crippen LogP contribution is -2.08. The van der Waals surface area contributed by atoms with Gasteiger partial charge in [0.1, 0.15) is 17.1 Å². The van der Waals surface area contributed by atoms with Crippen LogP contribution in [0.5, 0.6) is 5.75 Å². The Kier molecular flexibility index (Phi) is 5.76. The van der Waals surface area contributed by atoms with Crippen molar-refractivity contribution in [3.63, 3.8) is 0 Å². The van der Waals surface area contributed by atoms with Crippen LogP contribution in [0.4, 0.5) is 5.69 Å². The summed E-state index contributed by atoms with van der Waals surface area (Å²) >= 11 is 3.40. The van der Waals surface area contributed by atoms with Gasteiger partial charge in [-0.2, -0.15) is 0 Å².